The molecule has 0 saturated heterocycles. The van der Waals surface area contributed by atoms with Gasteiger partial charge in [-0.15, -0.1) is 0 Å². The standard InChI is InChI=1S/C16H15FN2O2/c1-18(10-11-3-5-12(17)6-4-11)16(20)14-9-15-13(19(14)2)7-8-21-15/h3-9H,10H2,1-2H3. The van der Waals surface area contributed by atoms with Gasteiger partial charge >= 0.3 is 0 Å². The minimum Gasteiger partial charge on any atom is -0.463 e. The summed E-state index contributed by atoms with van der Waals surface area (Å²) < 4.78 is 20.0. The zero-order valence-corrected chi connectivity index (χ0v) is 11.8. The van der Waals surface area contributed by atoms with Gasteiger partial charge in [-0.1, -0.05) is 12.1 Å². The Balaban J connectivity index is 1.82. The Bertz CT molecular complexity index is 786. The summed E-state index contributed by atoms with van der Waals surface area (Å²) >= 11 is 0. The summed E-state index contributed by atoms with van der Waals surface area (Å²) in [5, 5.41) is 0. The van der Waals surface area contributed by atoms with Crippen molar-refractivity contribution in [3.8, 4) is 0 Å². The molecule has 0 aliphatic carbocycles. The SMILES string of the molecule is CN(Cc1ccc(F)cc1)C(=O)c1cc2occc2n1C. The number of hydrogen-bond acceptors (Lipinski definition) is 2. The van der Waals surface area contributed by atoms with Crippen molar-refractivity contribution in [1.82, 2.24) is 9.47 Å². The van der Waals surface area contributed by atoms with Crippen molar-refractivity contribution >= 4 is 17.0 Å². The number of amides is 1. The molecule has 1 amide bonds. The lowest BCUT2D eigenvalue weighted by atomic mass is 10.2. The summed E-state index contributed by atoms with van der Waals surface area (Å²) in [5.74, 6) is -0.385. The fraction of sp³-hybridized carbons (Fsp3) is 0.188. The predicted molar refractivity (Wildman–Crippen MR) is 77.4 cm³/mol. The summed E-state index contributed by atoms with van der Waals surface area (Å²) in [6.45, 7) is 0.422. The van der Waals surface area contributed by atoms with Crippen molar-refractivity contribution in [2.75, 3.05) is 7.05 Å². The van der Waals surface area contributed by atoms with E-state index in [1.807, 2.05) is 17.7 Å². The minimum absolute atomic E-state index is 0.103. The highest BCUT2D eigenvalue weighted by Gasteiger charge is 2.18. The second-order valence-electron chi connectivity index (χ2n) is 5.05. The monoisotopic (exact) mass is 286 g/mol. The van der Waals surface area contributed by atoms with Crippen LogP contribution < -0.4 is 0 Å². The lowest BCUT2D eigenvalue weighted by Crippen LogP contribution is -2.27. The van der Waals surface area contributed by atoms with E-state index in [1.165, 1.54) is 12.1 Å². The van der Waals surface area contributed by atoms with Crippen LogP contribution in [0.3, 0.4) is 0 Å². The van der Waals surface area contributed by atoms with Gasteiger partial charge in [-0.2, -0.15) is 0 Å². The van der Waals surface area contributed by atoms with Gasteiger partial charge in [0.25, 0.3) is 5.91 Å². The molecular formula is C16H15FN2O2. The number of fused-ring (bicyclic) bond motifs is 1. The summed E-state index contributed by atoms with van der Waals surface area (Å²) in [6.07, 6.45) is 1.60. The van der Waals surface area contributed by atoms with Gasteiger partial charge in [0.1, 0.15) is 11.5 Å². The molecular weight excluding hydrogens is 271 g/mol. The van der Waals surface area contributed by atoms with Crippen molar-refractivity contribution in [3.05, 3.63) is 59.7 Å². The Morgan fingerprint density at radius 3 is 2.67 bits per heavy atom. The van der Waals surface area contributed by atoms with Crippen LogP contribution in [0.25, 0.3) is 11.1 Å². The van der Waals surface area contributed by atoms with Crippen LogP contribution in [0, 0.1) is 5.82 Å². The molecule has 1 aromatic carbocycles. The number of nitrogens with zero attached hydrogens (tertiary/aromatic N) is 2. The van der Waals surface area contributed by atoms with E-state index >= 15 is 0 Å². The van der Waals surface area contributed by atoms with Gasteiger partial charge in [0, 0.05) is 32.8 Å². The molecule has 3 rings (SSSR count). The zero-order chi connectivity index (χ0) is 15.0. The molecule has 0 unspecified atom stereocenters. The molecule has 108 valence electrons. The van der Waals surface area contributed by atoms with E-state index in [0.29, 0.717) is 17.8 Å². The largest absolute Gasteiger partial charge is 0.463 e. The van der Waals surface area contributed by atoms with Crippen LogP contribution in [0.1, 0.15) is 16.1 Å². The number of carbonyl (C=O) groups is 1. The number of benzene rings is 1. The van der Waals surface area contributed by atoms with E-state index in [9.17, 15) is 9.18 Å². The molecule has 0 fully saturated rings. The third kappa shape index (κ3) is 2.42. The van der Waals surface area contributed by atoms with Crippen molar-refractivity contribution in [2.45, 2.75) is 6.54 Å². The van der Waals surface area contributed by atoms with E-state index in [-0.39, 0.29) is 11.7 Å². The van der Waals surface area contributed by atoms with Gasteiger partial charge in [0.05, 0.1) is 11.8 Å². The number of hydrogen-bond donors (Lipinski definition) is 0. The first-order valence-corrected chi connectivity index (χ1v) is 6.59. The fourth-order valence-electron chi connectivity index (χ4n) is 2.39. The second kappa shape index (κ2) is 5.09. The molecule has 2 heterocycles. The van der Waals surface area contributed by atoms with Crippen molar-refractivity contribution in [1.29, 1.82) is 0 Å². The first kappa shape index (κ1) is 13.4. The molecule has 21 heavy (non-hydrogen) atoms. The number of aryl methyl sites for hydroxylation is 1. The van der Waals surface area contributed by atoms with E-state index in [4.69, 9.17) is 4.42 Å². The molecule has 0 aliphatic rings. The Morgan fingerprint density at radius 1 is 1.29 bits per heavy atom. The topological polar surface area (TPSA) is 38.4 Å². The molecule has 5 heteroatoms. The van der Waals surface area contributed by atoms with Crippen molar-refractivity contribution in [2.24, 2.45) is 7.05 Å². The fourth-order valence-corrected chi connectivity index (χ4v) is 2.39. The second-order valence-corrected chi connectivity index (χ2v) is 5.05. The maximum absolute atomic E-state index is 12.9. The van der Waals surface area contributed by atoms with Crippen LogP contribution >= 0.6 is 0 Å². The van der Waals surface area contributed by atoms with Gasteiger partial charge in [-0.25, -0.2) is 4.39 Å². The third-order valence-corrected chi connectivity index (χ3v) is 3.56. The normalized spacial score (nSPS) is 11.0. The van der Waals surface area contributed by atoms with E-state index < -0.39 is 0 Å². The first-order valence-electron chi connectivity index (χ1n) is 6.59. The summed E-state index contributed by atoms with van der Waals surface area (Å²) in [6, 6.07) is 9.70. The van der Waals surface area contributed by atoms with Gasteiger partial charge in [0.15, 0.2) is 5.58 Å². The van der Waals surface area contributed by atoms with Crippen molar-refractivity contribution in [3.63, 3.8) is 0 Å². The molecule has 0 N–H and O–H groups in total. The van der Waals surface area contributed by atoms with Crippen LogP contribution in [-0.4, -0.2) is 22.4 Å². The number of rotatable bonds is 3. The maximum atomic E-state index is 12.9. The Labute approximate surface area is 121 Å². The van der Waals surface area contributed by atoms with Gasteiger partial charge in [-0.3, -0.25) is 4.79 Å². The average Bonchev–Trinajstić information content (AvgIpc) is 3.04. The predicted octanol–water partition coefficient (Wildman–Crippen LogP) is 3.18. The molecule has 4 nitrogen and oxygen atoms in total. The number of halogens is 1. The van der Waals surface area contributed by atoms with E-state index in [0.717, 1.165) is 11.1 Å². The Kier molecular flexibility index (Phi) is 3.25. The Morgan fingerprint density at radius 2 is 2.00 bits per heavy atom. The molecule has 3 aromatic rings. The average molecular weight is 286 g/mol. The van der Waals surface area contributed by atoms with Crippen LogP contribution in [0.5, 0.6) is 0 Å². The minimum atomic E-state index is -0.282. The molecule has 2 aromatic heterocycles. The summed E-state index contributed by atoms with van der Waals surface area (Å²) in [4.78, 5) is 14.1. The lowest BCUT2D eigenvalue weighted by Gasteiger charge is -2.17. The van der Waals surface area contributed by atoms with Crippen LogP contribution in [0.4, 0.5) is 4.39 Å². The third-order valence-electron chi connectivity index (χ3n) is 3.56. The molecule has 0 bridgehead atoms. The summed E-state index contributed by atoms with van der Waals surface area (Å²) in [7, 11) is 3.55. The number of furan rings is 1. The van der Waals surface area contributed by atoms with Gasteiger partial charge < -0.3 is 13.9 Å². The number of carbonyl (C=O) groups excluding carboxylic acids is 1. The maximum Gasteiger partial charge on any atom is 0.270 e. The van der Waals surface area contributed by atoms with E-state index in [1.54, 1.807) is 36.4 Å². The lowest BCUT2D eigenvalue weighted by molar-refractivity contribution is 0.0776. The van der Waals surface area contributed by atoms with Gasteiger partial charge in [-0.05, 0) is 17.7 Å². The highest BCUT2D eigenvalue weighted by atomic mass is 19.1. The smallest absolute Gasteiger partial charge is 0.270 e. The number of aromatic nitrogens is 1. The first-order chi connectivity index (χ1) is 10.1. The van der Waals surface area contributed by atoms with Crippen LogP contribution in [0.2, 0.25) is 0 Å². The zero-order valence-electron chi connectivity index (χ0n) is 11.8. The molecule has 0 atom stereocenters. The highest BCUT2D eigenvalue weighted by Crippen LogP contribution is 2.21. The van der Waals surface area contributed by atoms with Crippen LogP contribution in [-0.2, 0) is 13.6 Å². The van der Waals surface area contributed by atoms with E-state index in [2.05, 4.69) is 0 Å². The molecule has 0 aliphatic heterocycles. The van der Waals surface area contributed by atoms with Gasteiger partial charge in [0.2, 0.25) is 0 Å². The van der Waals surface area contributed by atoms with Crippen LogP contribution in [0.15, 0.2) is 47.1 Å². The molecule has 0 spiro atoms. The molecule has 0 saturated carbocycles. The Hall–Kier alpha value is -2.56. The summed E-state index contributed by atoms with van der Waals surface area (Å²) in [5.41, 5.74) is 3.02. The molecule has 0 radical (unpaired) electrons. The highest BCUT2D eigenvalue weighted by molar-refractivity contribution is 5.97. The quantitative estimate of drug-likeness (QED) is 0.741. The van der Waals surface area contributed by atoms with Crippen molar-refractivity contribution < 1.29 is 13.6 Å².